The van der Waals surface area contributed by atoms with E-state index in [4.69, 9.17) is 4.99 Å². The van der Waals surface area contributed by atoms with Crippen LogP contribution in [0, 0.1) is 0 Å². The van der Waals surface area contributed by atoms with Crippen molar-refractivity contribution >= 4 is 29.9 Å². The van der Waals surface area contributed by atoms with E-state index in [1.807, 2.05) is 0 Å². The van der Waals surface area contributed by atoms with Gasteiger partial charge in [-0.2, -0.15) is 0 Å². The van der Waals surface area contributed by atoms with Crippen LogP contribution in [0.2, 0.25) is 0 Å². The van der Waals surface area contributed by atoms with Gasteiger partial charge in [-0.3, -0.25) is 9.89 Å². The van der Waals surface area contributed by atoms with Gasteiger partial charge < -0.3 is 10.6 Å². The fraction of sp³-hybridized carbons (Fsp3) is 0.929. The van der Waals surface area contributed by atoms with Crippen LogP contribution < -0.4 is 10.6 Å². The molecule has 112 valence electrons. The van der Waals surface area contributed by atoms with E-state index >= 15 is 0 Å². The van der Waals surface area contributed by atoms with Gasteiger partial charge >= 0.3 is 0 Å². The van der Waals surface area contributed by atoms with Gasteiger partial charge in [-0.1, -0.05) is 13.3 Å². The van der Waals surface area contributed by atoms with Crippen LogP contribution in [0.25, 0.3) is 0 Å². The topological polar surface area (TPSA) is 39.7 Å². The summed E-state index contributed by atoms with van der Waals surface area (Å²) in [4.78, 5) is 7.35. The summed E-state index contributed by atoms with van der Waals surface area (Å²) < 4.78 is 0. The molecule has 4 nitrogen and oxygen atoms in total. The number of nitrogens with zero attached hydrogens (tertiary/aromatic N) is 2. The molecule has 1 heterocycles. The minimum absolute atomic E-state index is 0. The van der Waals surface area contributed by atoms with Crippen LogP contribution >= 0.6 is 24.0 Å². The number of halogens is 1. The number of hydrogen-bond acceptors (Lipinski definition) is 2. The van der Waals surface area contributed by atoms with Gasteiger partial charge in [0.25, 0.3) is 0 Å². The van der Waals surface area contributed by atoms with Crippen LogP contribution in [-0.4, -0.2) is 49.1 Å². The molecule has 0 aromatic carbocycles. The molecule has 0 aromatic rings. The Balaban J connectivity index is 0.00000180. The van der Waals surface area contributed by atoms with E-state index in [2.05, 4.69) is 29.4 Å². The Kier molecular flexibility index (Phi) is 8.06. The second-order valence-electron chi connectivity index (χ2n) is 5.42. The third kappa shape index (κ3) is 5.85. The van der Waals surface area contributed by atoms with Gasteiger partial charge in [0, 0.05) is 18.6 Å². The van der Waals surface area contributed by atoms with Crippen LogP contribution in [0.5, 0.6) is 0 Å². The number of rotatable bonds is 5. The molecule has 2 N–H and O–H groups in total. The summed E-state index contributed by atoms with van der Waals surface area (Å²) in [7, 11) is 0. The van der Waals surface area contributed by atoms with E-state index in [0.717, 1.165) is 25.6 Å². The summed E-state index contributed by atoms with van der Waals surface area (Å²) in [6, 6.07) is 1.33. The number of nitrogens with one attached hydrogen (secondary N) is 2. The lowest BCUT2D eigenvalue weighted by molar-refractivity contribution is 0.161. The molecule has 5 heteroatoms. The molecule has 2 aliphatic rings. The van der Waals surface area contributed by atoms with Gasteiger partial charge in [0.05, 0.1) is 6.54 Å². The van der Waals surface area contributed by atoms with Crippen molar-refractivity contribution in [2.45, 2.75) is 58.0 Å². The second-order valence-corrected chi connectivity index (χ2v) is 5.42. The van der Waals surface area contributed by atoms with Crippen molar-refractivity contribution in [2.24, 2.45) is 4.99 Å². The Bertz CT molecular complexity index is 279. The van der Waals surface area contributed by atoms with Crippen molar-refractivity contribution in [1.82, 2.24) is 15.5 Å². The SMILES string of the molecule is CCNC(=NCC1CCCCN1CC)NC1CC1.I. The van der Waals surface area contributed by atoms with Crippen LogP contribution in [-0.2, 0) is 0 Å². The molecule has 0 bridgehead atoms. The summed E-state index contributed by atoms with van der Waals surface area (Å²) in [5.41, 5.74) is 0. The highest BCUT2D eigenvalue weighted by atomic mass is 127. The average molecular weight is 380 g/mol. The molecule has 1 saturated heterocycles. The first kappa shape index (κ1) is 17.0. The van der Waals surface area contributed by atoms with Crippen molar-refractivity contribution in [1.29, 1.82) is 0 Å². The molecule has 2 rings (SSSR count). The van der Waals surface area contributed by atoms with Gasteiger partial charge in [0.1, 0.15) is 0 Å². The van der Waals surface area contributed by atoms with Gasteiger partial charge in [0.15, 0.2) is 5.96 Å². The lowest BCUT2D eigenvalue weighted by Gasteiger charge is -2.33. The Morgan fingerprint density at radius 3 is 2.63 bits per heavy atom. The molecular formula is C14H29IN4. The third-order valence-electron chi connectivity index (χ3n) is 3.88. The van der Waals surface area contributed by atoms with Gasteiger partial charge in [-0.25, -0.2) is 0 Å². The summed E-state index contributed by atoms with van der Waals surface area (Å²) in [6.07, 6.45) is 6.63. The third-order valence-corrected chi connectivity index (χ3v) is 3.88. The summed E-state index contributed by atoms with van der Waals surface area (Å²) in [5.74, 6) is 1.02. The standard InChI is InChI=1S/C14H28N4.HI/c1-3-15-14(17-12-8-9-12)16-11-13-7-5-6-10-18(13)4-2;/h12-13H,3-11H2,1-2H3,(H2,15,16,17);1H. The molecule has 0 aromatic heterocycles. The largest absolute Gasteiger partial charge is 0.357 e. The number of likely N-dealkylation sites (tertiary alicyclic amines) is 1. The second kappa shape index (κ2) is 9.00. The summed E-state index contributed by atoms with van der Waals surface area (Å²) in [5, 5.41) is 6.83. The predicted molar refractivity (Wildman–Crippen MR) is 92.4 cm³/mol. The molecule has 2 fully saturated rings. The number of aliphatic imine (C=N–C) groups is 1. The molecule has 1 unspecified atom stereocenters. The van der Waals surface area contributed by atoms with E-state index in [0.29, 0.717) is 12.1 Å². The van der Waals surface area contributed by atoms with E-state index < -0.39 is 0 Å². The van der Waals surface area contributed by atoms with Crippen molar-refractivity contribution in [3.63, 3.8) is 0 Å². The average Bonchev–Trinajstić information content (AvgIpc) is 3.20. The summed E-state index contributed by atoms with van der Waals surface area (Å²) >= 11 is 0. The van der Waals surface area contributed by atoms with E-state index in [-0.39, 0.29) is 24.0 Å². The molecule has 19 heavy (non-hydrogen) atoms. The van der Waals surface area contributed by atoms with Gasteiger partial charge in [-0.15, -0.1) is 24.0 Å². The number of guanidine groups is 1. The molecule has 0 spiro atoms. The Morgan fingerprint density at radius 1 is 1.21 bits per heavy atom. The zero-order chi connectivity index (χ0) is 12.8. The number of hydrogen-bond donors (Lipinski definition) is 2. The quantitative estimate of drug-likeness (QED) is 0.437. The molecule has 0 amide bonds. The lowest BCUT2D eigenvalue weighted by Crippen LogP contribution is -2.43. The van der Waals surface area contributed by atoms with E-state index in [1.54, 1.807) is 0 Å². The van der Waals surface area contributed by atoms with Gasteiger partial charge in [0.2, 0.25) is 0 Å². The fourth-order valence-corrected chi connectivity index (χ4v) is 2.62. The molecule has 1 aliphatic carbocycles. The van der Waals surface area contributed by atoms with Crippen LogP contribution in [0.3, 0.4) is 0 Å². The van der Waals surface area contributed by atoms with Gasteiger partial charge in [-0.05, 0) is 45.7 Å². The Labute approximate surface area is 134 Å². The van der Waals surface area contributed by atoms with Crippen molar-refractivity contribution in [3.8, 4) is 0 Å². The van der Waals surface area contributed by atoms with E-state index in [9.17, 15) is 0 Å². The normalized spacial score (nSPS) is 24.7. The highest BCUT2D eigenvalue weighted by molar-refractivity contribution is 14.0. The first-order valence-corrected chi connectivity index (χ1v) is 7.62. The summed E-state index contributed by atoms with van der Waals surface area (Å²) in [6.45, 7) is 8.69. The van der Waals surface area contributed by atoms with Crippen molar-refractivity contribution in [3.05, 3.63) is 0 Å². The molecule has 1 aliphatic heterocycles. The molecule has 0 radical (unpaired) electrons. The minimum atomic E-state index is 0. The maximum absolute atomic E-state index is 4.77. The highest BCUT2D eigenvalue weighted by Crippen LogP contribution is 2.19. The predicted octanol–water partition coefficient (Wildman–Crippen LogP) is 2.20. The fourth-order valence-electron chi connectivity index (χ4n) is 2.62. The van der Waals surface area contributed by atoms with E-state index in [1.165, 1.54) is 38.6 Å². The van der Waals surface area contributed by atoms with Crippen molar-refractivity contribution in [2.75, 3.05) is 26.2 Å². The smallest absolute Gasteiger partial charge is 0.191 e. The highest BCUT2D eigenvalue weighted by Gasteiger charge is 2.23. The molecular weight excluding hydrogens is 351 g/mol. The molecule has 1 saturated carbocycles. The maximum atomic E-state index is 4.77. The number of piperidine rings is 1. The minimum Gasteiger partial charge on any atom is -0.357 e. The first-order valence-electron chi connectivity index (χ1n) is 7.62. The monoisotopic (exact) mass is 380 g/mol. The zero-order valence-electron chi connectivity index (χ0n) is 12.3. The first-order chi connectivity index (χ1) is 8.83. The lowest BCUT2D eigenvalue weighted by atomic mass is 10.0. The molecule has 1 atom stereocenters. The zero-order valence-corrected chi connectivity index (χ0v) is 14.7. The Morgan fingerprint density at radius 2 is 2.00 bits per heavy atom. The Hall–Kier alpha value is -0.0400. The van der Waals surface area contributed by atoms with Crippen molar-refractivity contribution < 1.29 is 0 Å². The number of likely N-dealkylation sites (N-methyl/N-ethyl adjacent to an activating group) is 1. The maximum Gasteiger partial charge on any atom is 0.191 e. The van der Waals surface area contributed by atoms with Crippen LogP contribution in [0.4, 0.5) is 0 Å². The van der Waals surface area contributed by atoms with Crippen LogP contribution in [0.1, 0.15) is 46.0 Å². The van der Waals surface area contributed by atoms with Crippen LogP contribution in [0.15, 0.2) is 4.99 Å².